The summed E-state index contributed by atoms with van der Waals surface area (Å²) in [5.74, 6) is 0.924. The fraction of sp³-hybridized carbons (Fsp3) is 0.118. The van der Waals surface area contributed by atoms with Gasteiger partial charge in [-0.15, -0.1) is 11.8 Å². The molecule has 19 heavy (non-hydrogen) atoms. The second-order valence-corrected chi connectivity index (χ2v) is 5.39. The van der Waals surface area contributed by atoms with Crippen molar-refractivity contribution in [1.29, 1.82) is 5.26 Å². The zero-order valence-electron chi connectivity index (χ0n) is 10.9. The van der Waals surface area contributed by atoms with Gasteiger partial charge in [-0.2, -0.15) is 5.26 Å². The average molecular weight is 265 g/mol. The largest absolute Gasteiger partial charge is 0.192 e. The Bertz CT molecular complexity index is 623. The van der Waals surface area contributed by atoms with E-state index >= 15 is 0 Å². The van der Waals surface area contributed by atoms with Gasteiger partial charge in [0.1, 0.15) is 0 Å². The molecule has 0 atom stereocenters. The minimum absolute atomic E-state index is 0.682. The second kappa shape index (κ2) is 6.26. The Morgan fingerprint density at radius 1 is 1.21 bits per heavy atom. The van der Waals surface area contributed by atoms with E-state index in [1.54, 1.807) is 11.8 Å². The molecule has 0 N–H and O–H groups in total. The van der Waals surface area contributed by atoms with Gasteiger partial charge in [-0.1, -0.05) is 36.9 Å². The summed E-state index contributed by atoms with van der Waals surface area (Å²) in [6.45, 7) is 5.97. The van der Waals surface area contributed by atoms with Gasteiger partial charge in [-0.05, 0) is 41.8 Å². The van der Waals surface area contributed by atoms with Crippen LogP contribution in [0.3, 0.4) is 0 Å². The number of rotatable bonds is 4. The first-order valence-electron chi connectivity index (χ1n) is 6.07. The summed E-state index contributed by atoms with van der Waals surface area (Å²) in [6.07, 6.45) is 0. The van der Waals surface area contributed by atoms with E-state index in [9.17, 15) is 0 Å². The third-order valence-electron chi connectivity index (χ3n) is 2.81. The molecule has 2 heteroatoms. The van der Waals surface area contributed by atoms with Gasteiger partial charge in [-0.25, -0.2) is 0 Å². The molecule has 0 heterocycles. The van der Waals surface area contributed by atoms with Crippen molar-refractivity contribution >= 4 is 17.3 Å². The maximum atomic E-state index is 8.96. The van der Waals surface area contributed by atoms with Gasteiger partial charge in [0.05, 0.1) is 11.6 Å². The van der Waals surface area contributed by atoms with Crippen molar-refractivity contribution < 1.29 is 0 Å². The van der Waals surface area contributed by atoms with Crippen LogP contribution in [0.4, 0.5) is 0 Å². The van der Waals surface area contributed by atoms with Crippen molar-refractivity contribution in [3.63, 3.8) is 0 Å². The number of allylic oxidation sites excluding steroid dienone is 1. The van der Waals surface area contributed by atoms with Crippen LogP contribution < -0.4 is 0 Å². The van der Waals surface area contributed by atoms with Gasteiger partial charge in [0.15, 0.2) is 0 Å². The minimum Gasteiger partial charge on any atom is -0.192 e. The first-order chi connectivity index (χ1) is 9.20. The van der Waals surface area contributed by atoms with Crippen molar-refractivity contribution in [2.45, 2.75) is 17.6 Å². The van der Waals surface area contributed by atoms with Gasteiger partial charge >= 0.3 is 0 Å². The molecule has 0 aliphatic carbocycles. The van der Waals surface area contributed by atoms with Crippen LogP contribution in [-0.2, 0) is 5.75 Å². The molecule has 0 saturated carbocycles. The highest BCUT2D eigenvalue weighted by Crippen LogP contribution is 2.30. The predicted molar refractivity (Wildman–Crippen MR) is 81.9 cm³/mol. The Morgan fingerprint density at radius 2 is 1.95 bits per heavy atom. The van der Waals surface area contributed by atoms with Crippen LogP contribution in [-0.4, -0.2) is 0 Å². The molecule has 0 aromatic heterocycles. The third-order valence-corrected chi connectivity index (χ3v) is 3.95. The number of benzene rings is 2. The molecule has 0 saturated heterocycles. The highest BCUT2D eigenvalue weighted by atomic mass is 32.2. The minimum atomic E-state index is 0.682. The molecule has 0 radical (unpaired) electrons. The Morgan fingerprint density at radius 3 is 2.58 bits per heavy atom. The highest BCUT2D eigenvalue weighted by molar-refractivity contribution is 7.98. The van der Waals surface area contributed by atoms with Gasteiger partial charge in [0, 0.05) is 10.6 Å². The Hall–Kier alpha value is -1.98. The number of hydrogen-bond acceptors (Lipinski definition) is 2. The summed E-state index contributed by atoms with van der Waals surface area (Å²) in [5, 5.41) is 8.96. The number of nitriles is 1. The molecule has 0 aliphatic heterocycles. The van der Waals surface area contributed by atoms with Gasteiger partial charge < -0.3 is 0 Å². The SMILES string of the molecule is C=C(C)c1cc(C#N)ccc1SCc1ccccc1. The van der Waals surface area contributed by atoms with Crippen molar-refractivity contribution in [3.05, 3.63) is 71.8 Å². The molecule has 94 valence electrons. The Balaban J connectivity index is 2.21. The van der Waals surface area contributed by atoms with Crippen molar-refractivity contribution in [2.24, 2.45) is 0 Å². The quantitative estimate of drug-likeness (QED) is 0.735. The molecule has 2 aromatic carbocycles. The topological polar surface area (TPSA) is 23.8 Å². The van der Waals surface area contributed by atoms with Crippen LogP contribution in [0.2, 0.25) is 0 Å². The summed E-state index contributed by atoms with van der Waals surface area (Å²) in [7, 11) is 0. The van der Waals surface area contributed by atoms with Crippen molar-refractivity contribution in [1.82, 2.24) is 0 Å². The first-order valence-corrected chi connectivity index (χ1v) is 7.06. The standard InChI is InChI=1S/C17H15NS/c1-13(2)16-10-15(11-18)8-9-17(16)19-12-14-6-4-3-5-7-14/h3-10H,1,12H2,2H3. The van der Waals surface area contributed by atoms with E-state index in [0.29, 0.717) is 5.56 Å². The van der Waals surface area contributed by atoms with E-state index in [1.165, 1.54) is 10.5 Å². The third kappa shape index (κ3) is 3.49. The summed E-state index contributed by atoms with van der Waals surface area (Å²) in [4.78, 5) is 1.18. The molecule has 0 fully saturated rings. The Labute approximate surface area is 118 Å². The first kappa shape index (κ1) is 13.5. The highest BCUT2D eigenvalue weighted by Gasteiger charge is 2.06. The Kier molecular flexibility index (Phi) is 4.43. The molecule has 0 amide bonds. The lowest BCUT2D eigenvalue weighted by Crippen LogP contribution is -1.88. The molecule has 1 nitrogen and oxygen atoms in total. The van der Waals surface area contributed by atoms with Crippen LogP contribution in [0, 0.1) is 11.3 Å². The van der Waals surface area contributed by atoms with Gasteiger partial charge in [0.25, 0.3) is 0 Å². The second-order valence-electron chi connectivity index (χ2n) is 4.38. The molecule has 0 bridgehead atoms. The summed E-state index contributed by atoms with van der Waals surface area (Å²) in [6, 6.07) is 18.3. The number of thioether (sulfide) groups is 1. The van der Waals surface area contributed by atoms with E-state index in [1.807, 2.05) is 43.3 Å². The molecular weight excluding hydrogens is 250 g/mol. The lowest BCUT2D eigenvalue weighted by Gasteiger charge is -2.09. The number of hydrogen-bond donors (Lipinski definition) is 0. The number of nitrogens with zero attached hydrogens (tertiary/aromatic N) is 1. The van der Waals surface area contributed by atoms with E-state index in [4.69, 9.17) is 5.26 Å². The molecule has 0 unspecified atom stereocenters. The lowest BCUT2D eigenvalue weighted by atomic mass is 10.1. The predicted octanol–water partition coefficient (Wildman–Crippen LogP) is 4.88. The summed E-state index contributed by atoms with van der Waals surface area (Å²) in [5.41, 5.74) is 4.04. The average Bonchev–Trinajstić information content (AvgIpc) is 2.46. The van der Waals surface area contributed by atoms with Crippen LogP contribution in [0.5, 0.6) is 0 Å². The van der Waals surface area contributed by atoms with E-state index in [2.05, 4.69) is 24.8 Å². The monoisotopic (exact) mass is 265 g/mol. The summed E-state index contributed by atoms with van der Waals surface area (Å²) < 4.78 is 0. The van der Waals surface area contributed by atoms with Crippen molar-refractivity contribution in [3.8, 4) is 6.07 Å². The normalized spacial score (nSPS) is 9.89. The van der Waals surface area contributed by atoms with Crippen LogP contribution in [0.25, 0.3) is 5.57 Å². The molecule has 0 spiro atoms. The maximum Gasteiger partial charge on any atom is 0.0991 e. The van der Waals surface area contributed by atoms with Gasteiger partial charge in [-0.3, -0.25) is 0 Å². The molecule has 0 aliphatic rings. The van der Waals surface area contributed by atoms with E-state index < -0.39 is 0 Å². The van der Waals surface area contributed by atoms with Crippen LogP contribution >= 0.6 is 11.8 Å². The zero-order valence-corrected chi connectivity index (χ0v) is 11.7. The van der Waals surface area contributed by atoms with Gasteiger partial charge in [0.2, 0.25) is 0 Å². The van der Waals surface area contributed by atoms with Crippen molar-refractivity contribution in [2.75, 3.05) is 0 Å². The van der Waals surface area contributed by atoms with Crippen LogP contribution in [0.15, 0.2) is 60.0 Å². The zero-order chi connectivity index (χ0) is 13.7. The van der Waals surface area contributed by atoms with E-state index in [0.717, 1.165) is 16.9 Å². The van der Waals surface area contributed by atoms with E-state index in [-0.39, 0.29) is 0 Å². The lowest BCUT2D eigenvalue weighted by molar-refractivity contribution is 1.33. The fourth-order valence-corrected chi connectivity index (χ4v) is 2.86. The fourth-order valence-electron chi connectivity index (χ4n) is 1.79. The maximum absolute atomic E-state index is 8.96. The molecular formula is C17H15NS. The van der Waals surface area contributed by atoms with Crippen LogP contribution in [0.1, 0.15) is 23.6 Å². The molecule has 2 rings (SSSR count). The smallest absolute Gasteiger partial charge is 0.0991 e. The summed E-state index contributed by atoms with van der Waals surface area (Å²) >= 11 is 1.78. The molecule has 2 aromatic rings.